The fourth-order valence-electron chi connectivity index (χ4n) is 2.81. The van der Waals surface area contributed by atoms with Gasteiger partial charge in [0.25, 0.3) is 0 Å². The first-order valence-electron chi connectivity index (χ1n) is 7.90. The third-order valence-electron chi connectivity index (χ3n) is 4.26. The number of halogens is 1. The molecular formula is C19H21BrN2O. The van der Waals surface area contributed by atoms with Gasteiger partial charge in [-0.3, -0.25) is 0 Å². The van der Waals surface area contributed by atoms with Crippen LogP contribution in [0.5, 0.6) is 0 Å². The number of benzene rings is 2. The molecule has 0 unspecified atom stereocenters. The van der Waals surface area contributed by atoms with E-state index < -0.39 is 0 Å². The van der Waals surface area contributed by atoms with Gasteiger partial charge in [-0.1, -0.05) is 28.1 Å². The molecule has 0 fully saturated rings. The van der Waals surface area contributed by atoms with Crippen molar-refractivity contribution in [1.29, 1.82) is 0 Å². The van der Waals surface area contributed by atoms with Gasteiger partial charge in [0.2, 0.25) is 0 Å². The van der Waals surface area contributed by atoms with Crippen LogP contribution in [0.1, 0.15) is 28.9 Å². The van der Waals surface area contributed by atoms with Crippen molar-refractivity contribution in [2.24, 2.45) is 0 Å². The molecule has 1 heterocycles. The van der Waals surface area contributed by atoms with Crippen LogP contribution in [0.4, 0.5) is 0 Å². The van der Waals surface area contributed by atoms with E-state index in [0.717, 1.165) is 35.2 Å². The average Bonchev–Trinajstić information content (AvgIpc) is 2.85. The van der Waals surface area contributed by atoms with Crippen molar-refractivity contribution in [3.05, 3.63) is 63.4 Å². The summed E-state index contributed by atoms with van der Waals surface area (Å²) in [7, 11) is 0. The number of fused-ring (bicyclic) bond motifs is 1. The zero-order chi connectivity index (χ0) is 16.4. The summed E-state index contributed by atoms with van der Waals surface area (Å²) < 4.78 is 3.37. The molecule has 4 heteroatoms. The fraction of sp³-hybridized carbons (Fsp3) is 0.316. The summed E-state index contributed by atoms with van der Waals surface area (Å²) in [6, 6.07) is 12.8. The highest BCUT2D eigenvalue weighted by Crippen LogP contribution is 2.23. The molecule has 0 saturated heterocycles. The van der Waals surface area contributed by atoms with Gasteiger partial charge in [-0.05, 0) is 61.2 Å². The van der Waals surface area contributed by atoms with E-state index in [0.29, 0.717) is 0 Å². The van der Waals surface area contributed by atoms with Crippen molar-refractivity contribution in [1.82, 2.24) is 9.55 Å². The topological polar surface area (TPSA) is 38.1 Å². The summed E-state index contributed by atoms with van der Waals surface area (Å²) in [5, 5.41) is 9.16. The molecule has 3 rings (SSSR count). The summed E-state index contributed by atoms with van der Waals surface area (Å²) >= 11 is 3.48. The summed E-state index contributed by atoms with van der Waals surface area (Å²) in [6.07, 6.45) is 1.53. The van der Waals surface area contributed by atoms with Crippen LogP contribution in [-0.4, -0.2) is 21.3 Å². The quantitative estimate of drug-likeness (QED) is 0.720. The van der Waals surface area contributed by atoms with Crippen LogP contribution in [0.15, 0.2) is 40.9 Å². The molecule has 1 aromatic heterocycles. The van der Waals surface area contributed by atoms with Crippen molar-refractivity contribution in [3.63, 3.8) is 0 Å². The lowest BCUT2D eigenvalue weighted by Crippen LogP contribution is -2.06. The van der Waals surface area contributed by atoms with Crippen molar-refractivity contribution in [3.8, 4) is 0 Å². The van der Waals surface area contributed by atoms with Gasteiger partial charge < -0.3 is 9.67 Å². The molecule has 0 spiro atoms. The van der Waals surface area contributed by atoms with Crippen LogP contribution in [0.25, 0.3) is 11.0 Å². The van der Waals surface area contributed by atoms with E-state index in [1.54, 1.807) is 0 Å². The summed E-state index contributed by atoms with van der Waals surface area (Å²) in [6.45, 7) is 5.25. The highest BCUT2D eigenvalue weighted by Gasteiger charge is 2.12. The number of hydrogen-bond donors (Lipinski definition) is 1. The van der Waals surface area contributed by atoms with E-state index in [4.69, 9.17) is 10.1 Å². The molecule has 0 bridgehead atoms. The van der Waals surface area contributed by atoms with Crippen molar-refractivity contribution >= 4 is 27.0 Å². The molecule has 0 saturated carbocycles. The summed E-state index contributed by atoms with van der Waals surface area (Å²) in [5.74, 6) is 1.04. The second-order valence-corrected chi connectivity index (χ2v) is 6.91. The van der Waals surface area contributed by atoms with Gasteiger partial charge in [0.15, 0.2) is 0 Å². The van der Waals surface area contributed by atoms with E-state index in [-0.39, 0.29) is 6.61 Å². The molecule has 23 heavy (non-hydrogen) atoms. The molecule has 0 atom stereocenters. The SMILES string of the molecule is Cc1cc2nc(CCCO)n(Cc3ccc(Br)cc3)c2cc1C. The first kappa shape index (κ1) is 16.2. The maximum atomic E-state index is 9.16. The molecule has 3 aromatic rings. The molecule has 0 radical (unpaired) electrons. The Morgan fingerprint density at radius 1 is 1.09 bits per heavy atom. The zero-order valence-corrected chi connectivity index (χ0v) is 15.1. The maximum Gasteiger partial charge on any atom is 0.110 e. The Morgan fingerprint density at radius 3 is 2.48 bits per heavy atom. The molecule has 120 valence electrons. The number of imidazole rings is 1. The Labute approximate surface area is 145 Å². The van der Waals surface area contributed by atoms with E-state index in [2.05, 4.69) is 70.7 Å². The lowest BCUT2D eigenvalue weighted by Gasteiger charge is -2.10. The van der Waals surface area contributed by atoms with Crippen molar-refractivity contribution < 1.29 is 5.11 Å². The first-order valence-corrected chi connectivity index (χ1v) is 8.69. The molecule has 3 nitrogen and oxygen atoms in total. The van der Waals surface area contributed by atoms with E-state index in [1.807, 2.05) is 0 Å². The van der Waals surface area contributed by atoms with Crippen LogP contribution < -0.4 is 0 Å². The van der Waals surface area contributed by atoms with Gasteiger partial charge in [-0.15, -0.1) is 0 Å². The van der Waals surface area contributed by atoms with Gasteiger partial charge in [-0.25, -0.2) is 4.98 Å². The van der Waals surface area contributed by atoms with E-state index in [1.165, 1.54) is 22.2 Å². The molecule has 0 aliphatic rings. The minimum absolute atomic E-state index is 0.194. The molecule has 0 aliphatic carbocycles. The zero-order valence-electron chi connectivity index (χ0n) is 13.5. The second kappa shape index (κ2) is 6.85. The first-order chi connectivity index (χ1) is 11.1. The Bertz CT molecular complexity index is 821. The number of aliphatic hydroxyl groups is 1. The van der Waals surface area contributed by atoms with Gasteiger partial charge >= 0.3 is 0 Å². The van der Waals surface area contributed by atoms with Gasteiger partial charge in [0.1, 0.15) is 5.82 Å². The summed E-state index contributed by atoms with van der Waals surface area (Å²) in [5.41, 5.74) is 6.00. The number of rotatable bonds is 5. The van der Waals surface area contributed by atoms with Crippen molar-refractivity contribution in [2.75, 3.05) is 6.61 Å². The third kappa shape index (κ3) is 3.48. The van der Waals surface area contributed by atoms with Gasteiger partial charge in [-0.2, -0.15) is 0 Å². The highest BCUT2D eigenvalue weighted by molar-refractivity contribution is 9.10. The largest absolute Gasteiger partial charge is 0.396 e. The Balaban J connectivity index is 2.07. The fourth-order valence-corrected chi connectivity index (χ4v) is 3.07. The second-order valence-electron chi connectivity index (χ2n) is 5.99. The number of aromatic nitrogens is 2. The van der Waals surface area contributed by atoms with E-state index >= 15 is 0 Å². The number of hydrogen-bond acceptors (Lipinski definition) is 2. The molecule has 1 N–H and O–H groups in total. The van der Waals surface area contributed by atoms with Crippen LogP contribution in [0.2, 0.25) is 0 Å². The number of aryl methyl sites for hydroxylation is 3. The van der Waals surface area contributed by atoms with Gasteiger partial charge in [0, 0.05) is 24.0 Å². The minimum Gasteiger partial charge on any atom is -0.396 e. The number of nitrogens with zero attached hydrogens (tertiary/aromatic N) is 2. The molecule has 0 aliphatic heterocycles. The molecule has 2 aromatic carbocycles. The van der Waals surface area contributed by atoms with E-state index in [9.17, 15) is 0 Å². The van der Waals surface area contributed by atoms with Crippen LogP contribution >= 0.6 is 15.9 Å². The Hall–Kier alpha value is -1.65. The predicted octanol–water partition coefficient (Wildman–Crippen LogP) is 4.39. The monoisotopic (exact) mass is 372 g/mol. The third-order valence-corrected chi connectivity index (χ3v) is 4.78. The van der Waals surface area contributed by atoms with Gasteiger partial charge in [0.05, 0.1) is 11.0 Å². The highest BCUT2D eigenvalue weighted by atomic mass is 79.9. The van der Waals surface area contributed by atoms with Crippen LogP contribution in [-0.2, 0) is 13.0 Å². The lowest BCUT2D eigenvalue weighted by molar-refractivity contribution is 0.287. The smallest absolute Gasteiger partial charge is 0.110 e. The average molecular weight is 373 g/mol. The standard InChI is InChI=1S/C19H21BrN2O/c1-13-10-17-18(11-14(13)2)22(19(21-17)4-3-9-23)12-15-5-7-16(20)8-6-15/h5-8,10-11,23H,3-4,9,12H2,1-2H3. The van der Waals surface area contributed by atoms with Crippen LogP contribution in [0, 0.1) is 13.8 Å². The Kier molecular flexibility index (Phi) is 4.83. The molecule has 0 amide bonds. The Morgan fingerprint density at radius 2 is 1.78 bits per heavy atom. The predicted molar refractivity (Wildman–Crippen MR) is 97.9 cm³/mol. The molecular weight excluding hydrogens is 352 g/mol. The lowest BCUT2D eigenvalue weighted by atomic mass is 10.1. The summed E-state index contributed by atoms with van der Waals surface area (Å²) in [4.78, 5) is 4.81. The van der Waals surface area contributed by atoms with Crippen LogP contribution in [0.3, 0.4) is 0 Å². The van der Waals surface area contributed by atoms with Crippen molar-refractivity contribution in [2.45, 2.75) is 33.2 Å². The maximum absolute atomic E-state index is 9.16. The number of aliphatic hydroxyl groups excluding tert-OH is 1. The minimum atomic E-state index is 0.194. The normalized spacial score (nSPS) is 11.3.